The minimum Gasteiger partial charge on any atom is -0.264 e. The van der Waals surface area contributed by atoms with Crippen LogP contribution in [0.15, 0.2) is 35.2 Å². The van der Waals surface area contributed by atoms with Gasteiger partial charge in [-0.25, -0.2) is 0 Å². The summed E-state index contributed by atoms with van der Waals surface area (Å²) in [7, 11) is 0. The minimum atomic E-state index is 0.0197. The molecule has 124 valence electrons. The molecule has 1 aromatic heterocycles. The van der Waals surface area contributed by atoms with Gasteiger partial charge in [0.1, 0.15) is 0 Å². The van der Waals surface area contributed by atoms with Gasteiger partial charge in [-0.15, -0.1) is 12.6 Å². The van der Waals surface area contributed by atoms with E-state index >= 15 is 0 Å². The average molecular weight is 321 g/mol. The summed E-state index contributed by atoms with van der Waals surface area (Å²) < 4.78 is 2.07. The van der Waals surface area contributed by atoms with Crippen LogP contribution in [0.5, 0.6) is 0 Å². The number of hydrogen-bond donors (Lipinski definition) is 1. The van der Waals surface area contributed by atoms with Gasteiger partial charge in [-0.3, -0.25) is 4.68 Å². The Bertz CT molecular complexity index is 534. The summed E-state index contributed by atoms with van der Waals surface area (Å²) in [5.41, 5.74) is 3.35. The van der Waals surface area contributed by atoms with Crippen LogP contribution in [0.25, 0.3) is 11.3 Å². The minimum absolute atomic E-state index is 0.0197. The largest absolute Gasteiger partial charge is 0.264 e. The predicted molar refractivity (Wildman–Crippen MR) is 102 cm³/mol. The van der Waals surface area contributed by atoms with Gasteiger partial charge >= 0.3 is 0 Å². The van der Waals surface area contributed by atoms with Crippen LogP contribution < -0.4 is 0 Å². The Hall–Kier alpha value is -1.22. The van der Waals surface area contributed by atoms with E-state index in [0.29, 0.717) is 0 Å². The Morgan fingerprint density at radius 3 is 1.86 bits per heavy atom. The molecule has 0 atom stereocenters. The number of benzene rings is 1. The Morgan fingerprint density at radius 1 is 1.05 bits per heavy atom. The second kappa shape index (κ2) is 9.73. The van der Waals surface area contributed by atoms with Gasteiger partial charge in [0.05, 0.1) is 11.2 Å². The molecule has 3 heteroatoms. The Balaban J connectivity index is 0.000000789. The van der Waals surface area contributed by atoms with Crippen molar-refractivity contribution >= 4 is 12.6 Å². The molecule has 0 saturated heterocycles. The van der Waals surface area contributed by atoms with Crippen molar-refractivity contribution in [3.8, 4) is 11.3 Å². The first-order valence-electron chi connectivity index (χ1n) is 8.16. The van der Waals surface area contributed by atoms with Gasteiger partial charge in [-0.05, 0) is 45.9 Å². The Morgan fingerprint density at radius 2 is 1.50 bits per heavy atom. The molecule has 0 aliphatic rings. The fourth-order valence-electron chi connectivity index (χ4n) is 1.93. The van der Waals surface area contributed by atoms with Crippen LogP contribution in [0, 0.1) is 6.92 Å². The second-order valence-electron chi connectivity index (χ2n) is 6.01. The van der Waals surface area contributed by atoms with Crippen LogP contribution in [-0.4, -0.2) is 9.78 Å². The molecule has 22 heavy (non-hydrogen) atoms. The van der Waals surface area contributed by atoms with E-state index < -0.39 is 0 Å². The van der Waals surface area contributed by atoms with Gasteiger partial charge in [-0.2, -0.15) is 5.10 Å². The van der Waals surface area contributed by atoms with Gasteiger partial charge in [0.25, 0.3) is 0 Å². The predicted octanol–water partition coefficient (Wildman–Crippen LogP) is 6.34. The molecule has 0 unspecified atom stereocenters. The van der Waals surface area contributed by atoms with Crippen LogP contribution in [0.4, 0.5) is 0 Å². The summed E-state index contributed by atoms with van der Waals surface area (Å²) in [6, 6.07) is 10.2. The van der Waals surface area contributed by atoms with Crippen LogP contribution in [0.3, 0.4) is 0 Å². The molecule has 0 fully saturated rings. The first-order valence-corrected chi connectivity index (χ1v) is 8.60. The molecule has 0 radical (unpaired) electrons. The van der Waals surface area contributed by atoms with E-state index in [1.807, 2.05) is 26.0 Å². The van der Waals surface area contributed by atoms with Crippen molar-refractivity contribution in [2.24, 2.45) is 0 Å². The van der Waals surface area contributed by atoms with Crippen molar-refractivity contribution in [3.63, 3.8) is 0 Å². The fourth-order valence-corrected chi connectivity index (χ4v) is 2.08. The van der Waals surface area contributed by atoms with Gasteiger partial charge in [0.15, 0.2) is 0 Å². The topological polar surface area (TPSA) is 17.8 Å². The summed E-state index contributed by atoms with van der Waals surface area (Å²) in [5, 5.41) is 4.67. The molecule has 0 N–H and O–H groups in total. The lowest BCUT2D eigenvalue weighted by Gasteiger charge is -2.21. The molecule has 0 aliphatic heterocycles. The van der Waals surface area contributed by atoms with Gasteiger partial charge < -0.3 is 0 Å². The van der Waals surface area contributed by atoms with E-state index in [1.54, 1.807) is 0 Å². The summed E-state index contributed by atoms with van der Waals surface area (Å²) in [6.07, 6.45) is 1.25. The van der Waals surface area contributed by atoms with Crippen LogP contribution in [0.2, 0.25) is 0 Å². The third-order valence-corrected chi connectivity index (χ3v) is 2.98. The fraction of sp³-hybridized carbons (Fsp3) is 0.526. The highest BCUT2D eigenvalue weighted by atomic mass is 32.1. The molecule has 1 aromatic carbocycles. The summed E-state index contributed by atoms with van der Waals surface area (Å²) in [6.45, 7) is 16.8. The zero-order valence-electron chi connectivity index (χ0n) is 15.4. The van der Waals surface area contributed by atoms with E-state index in [4.69, 9.17) is 0 Å². The molecule has 2 rings (SSSR count). The summed E-state index contributed by atoms with van der Waals surface area (Å²) in [5.74, 6) is 0. The molecule has 0 saturated carbocycles. The molecular weight excluding hydrogens is 288 g/mol. The van der Waals surface area contributed by atoms with Crippen molar-refractivity contribution in [2.75, 3.05) is 0 Å². The maximum atomic E-state index is 4.67. The molecular formula is C19H32N2S. The number of nitrogens with zero attached hydrogens (tertiary/aromatic N) is 2. The number of hydrogen-bond acceptors (Lipinski definition) is 2. The summed E-state index contributed by atoms with van der Waals surface area (Å²) >= 11 is 4.29. The van der Waals surface area contributed by atoms with Gasteiger partial charge in [0.2, 0.25) is 0 Å². The first kappa shape index (κ1) is 20.8. The van der Waals surface area contributed by atoms with Crippen LogP contribution >= 0.6 is 12.6 Å². The van der Waals surface area contributed by atoms with Crippen LogP contribution in [-0.2, 0) is 5.54 Å². The monoisotopic (exact) mass is 320 g/mol. The Kier molecular flexibility index (Phi) is 9.19. The summed E-state index contributed by atoms with van der Waals surface area (Å²) in [4.78, 5) is 0.973. The van der Waals surface area contributed by atoms with E-state index in [9.17, 15) is 0 Å². The number of rotatable bonds is 1. The number of aromatic nitrogens is 2. The van der Waals surface area contributed by atoms with Gasteiger partial charge in [0, 0.05) is 16.2 Å². The van der Waals surface area contributed by atoms with Gasteiger partial charge in [-0.1, -0.05) is 46.2 Å². The molecule has 2 aromatic rings. The molecule has 0 aliphatic carbocycles. The third kappa shape index (κ3) is 6.27. The van der Waals surface area contributed by atoms with E-state index in [-0.39, 0.29) is 5.54 Å². The first-order chi connectivity index (χ1) is 10.3. The zero-order valence-corrected chi connectivity index (χ0v) is 16.3. The SMILES string of the molecule is CC.CCC.Cc1cc(-c2ccc(S)cc2)nn1C(C)(C)C. The number of thiol groups is 1. The van der Waals surface area contributed by atoms with Crippen molar-refractivity contribution in [1.82, 2.24) is 9.78 Å². The van der Waals surface area contributed by atoms with Crippen LogP contribution in [0.1, 0.15) is 60.6 Å². The quantitative estimate of drug-likeness (QED) is 0.606. The lowest BCUT2D eigenvalue weighted by atomic mass is 10.1. The average Bonchev–Trinajstić information content (AvgIpc) is 2.85. The lowest BCUT2D eigenvalue weighted by Crippen LogP contribution is -2.24. The zero-order chi connectivity index (χ0) is 17.3. The maximum absolute atomic E-state index is 4.67. The van der Waals surface area contributed by atoms with Crippen molar-refractivity contribution in [3.05, 3.63) is 36.0 Å². The third-order valence-electron chi connectivity index (χ3n) is 2.69. The highest BCUT2D eigenvalue weighted by molar-refractivity contribution is 7.80. The molecule has 0 bridgehead atoms. The number of aryl methyl sites for hydroxylation is 1. The molecule has 1 heterocycles. The highest BCUT2D eigenvalue weighted by Crippen LogP contribution is 2.24. The van der Waals surface area contributed by atoms with Crippen molar-refractivity contribution in [1.29, 1.82) is 0 Å². The standard InChI is InChI=1S/C14H18N2S.C3H8.C2H6/c1-10-9-13(15-16(10)14(2,3)4)11-5-7-12(17)8-6-11;1-3-2;1-2/h5-9,17H,1-4H3;3H2,1-2H3;1-2H3. The molecule has 0 spiro atoms. The van der Waals surface area contributed by atoms with E-state index in [0.717, 1.165) is 16.2 Å². The normalized spacial score (nSPS) is 10.2. The maximum Gasteiger partial charge on any atom is 0.0926 e. The van der Waals surface area contributed by atoms with Crippen molar-refractivity contribution < 1.29 is 0 Å². The molecule has 2 nitrogen and oxygen atoms in total. The van der Waals surface area contributed by atoms with E-state index in [2.05, 4.69) is 82.2 Å². The highest BCUT2D eigenvalue weighted by Gasteiger charge is 2.17. The lowest BCUT2D eigenvalue weighted by molar-refractivity contribution is 0.349. The molecule has 0 amide bonds. The van der Waals surface area contributed by atoms with E-state index in [1.165, 1.54) is 12.1 Å². The second-order valence-corrected chi connectivity index (χ2v) is 6.52. The smallest absolute Gasteiger partial charge is 0.0926 e. The van der Waals surface area contributed by atoms with Crippen molar-refractivity contribution in [2.45, 2.75) is 72.2 Å². The Labute approximate surface area is 142 Å².